The Balaban J connectivity index is 3.02. The van der Waals surface area contributed by atoms with Crippen LogP contribution in [0.4, 0.5) is 11.6 Å². The van der Waals surface area contributed by atoms with E-state index >= 15 is 0 Å². The average Bonchev–Trinajstić information content (AvgIpc) is 2.48. The average molecular weight is 278 g/mol. The molecule has 1 rings (SSSR count). The lowest BCUT2D eigenvalue weighted by Crippen LogP contribution is -2.28. The molecule has 0 aromatic carbocycles. The van der Waals surface area contributed by atoms with Gasteiger partial charge in [-0.05, 0) is 19.3 Å². The number of aromatic nitrogens is 2. The lowest BCUT2D eigenvalue weighted by Gasteiger charge is -2.26. The molecule has 1 heterocycles. The van der Waals surface area contributed by atoms with Gasteiger partial charge in [-0.2, -0.15) is 0 Å². The standard InChI is InChI=1S/C16H30N4/c1-5-8-11-20(12-9-6-2)16-14(10-7-3)15(17-4)18-13-19-16/h13H,5-12H2,1-4H3,(H,17,18,19). The number of nitrogens with one attached hydrogen (secondary N) is 1. The van der Waals surface area contributed by atoms with E-state index in [0.29, 0.717) is 0 Å². The van der Waals surface area contributed by atoms with E-state index in [0.717, 1.165) is 37.6 Å². The van der Waals surface area contributed by atoms with Crippen molar-refractivity contribution in [3.05, 3.63) is 11.9 Å². The molecule has 4 nitrogen and oxygen atoms in total. The lowest BCUT2D eigenvalue weighted by molar-refractivity contribution is 0.666. The van der Waals surface area contributed by atoms with Crippen LogP contribution in [0.15, 0.2) is 6.33 Å². The van der Waals surface area contributed by atoms with E-state index in [2.05, 4.69) is 41.0 Å². The second-order valence-electron chi connectivity index (χ2n) is 5.22. The highest BCUT2D eigenvalue weighted by atomic mass is 15.2. The summed E-state index contributed by atoms with van der Waals surface area (Å²) in [5.41, 5.74) is 1.27. The van der Waals surface area contributed by atoms with Crippen molar-refractivity contribution >= 4 is 11.6 Å². The molecule has 0 fully saturated rings. The zero-order valence-electron chi connectivity index (χ0n) is 13.6. The van der Waals surface area contributed by atoms with Crippen LogP contribution in [0, 0.1) is 0 Å². The van der Waals surface area contributed by atoms with Crippen LogP contribution >= 0.6 is 0 Å². The summed E-state index contributed by atoms with van der Waals surface area (Å²) in [6, 6.07) is 0. The van der Waals surface area contributed by atoms with Gasteiger partial charge in [-0.15, -0.1) is 0 Å². The Labute approximate surface area is 124 Å². The molecule has 0 aliphatic rings. The number of hydrogen-bond donors (Lipinski definition) is 1. The summed E-state index contributed by atoms with van der Waals surface area (Å²) in [5.74, 6) is 2.11. The van der Waals surface area contributed by atoms with Crippen LogP contribution in [0.1, 0.15) is 58.4 Å². The second-order valence-corrected chi connectivity index (χ2v) is 5.22. The van der Waals surface area contributed by atoms with Gasteiger partial charge in [0.15, 0.2) is 0 Å². The summed E-state index contributed by atoms with van der Waals surface area (Å²) in [7, 11) is 1.94. The van der Waals surface area contributed by atoms with E-state index in [-0.39, 0.29) is 0 Å². The highest BCUT2D eigenvalue weighted by molar-refractivity contribution is 5.58. The Hall–Kier alpha value is -1.32. The van der Waals surface area contributed by atoms with Crippen molar-refractivity contribution in [3.63, 3.8) is 0 Å². The number of nitrogens with zero attached hydrogens (tertiary/aromatic N) is 3. The number of rotatable bonds is 10. The number of hydrogen-bond acceptors (Lipinski definition) is 4. The van der Waals surface area contributed by atoms with Crippen molar-refractivity contribution in [1.29, 1.82) is 0 Å². The molecule has 0 unspecified atom stereocenters. The zero-order valence-corrected chi connectivity index (χ0v) is 13.6. The van der Waals surface area contributed by atoms with Gasteiger partial charge in [-0.3, -0.25) is 0 Å². The Kier molecular flexibility index (Phi) is 8.00. The Morgan fingerprint density at radius 1 is 1.00 bits per heavy atom. The largest absolute Gasteiger partial charge is 0.373 e. The maximum absolute atomic E-state index is 4.59. The molecule has 114 valence electrons. The van der Waals surface area contributed by atoms with Crippen LogP contribution in [0.3, 0.4) is 0 Å². The smallest absolute Gasteiger partial charge is 0.137 e. The Bertz CT molecular complexity index is 371. The molecule has 0 amide bonds. The van der Waals surface area contributed by atoms with Crippen molar-refractivity contribution in [2.45, 2.75) is 59.3 Å². The number of unbranched alkanes of at least 4 members (excludes halogenated alkanes) is 2. The van der Waals surface area contributed by atoms with Crippen molar-refractivity contribution < 1.29 is 0 Å². The van der Waals surface area contributed by atoms with Gasteiger partial charge >= 0.3 is 0 Å². The first-order valence-electron chi connectivity index (χ1n) is 8.04. The van der Waals surface area contributed by atoms with E-state index in [1.807, 2.05) is 7.05 Å². The van der Waals surface area contributed by atoms with E-state index in [1.54, 1.807) is 6.33 Å². The molecular formula is C16H30N4. The third-order valence-corrected chi connectivity index (χ3v) is 3.52. The minimum Gasteiger partial charge on any atom is -0.373 e. The molecule has 1 aromatic rings. The molecule has 1 N–H and O–H groups in total. The van der Waals surface area contributed by atoms with Crippen LogP contribution in [-0.4, -0.2) is 30.1 Å². The van der Waals surface area contributed by atoms with E-state index in [4.69, 9.17) is 0 Å². The SMILES string of the molecule is CCCCN(CCCC)c1ncnc(NC)c1CCC. The molecule has 0 bridgehead atoms. The molecule has 20 heavy (non-hydrogen) atoms. The summed E-state index contributed by atoms with van der Waals surface area (Å²) >= 11 is 0. The van der Waals surface area contributed by atoms with Crippen LogP contribution < -0.4 is 10.2 Å². The molecule has 0 aliphatic heterocycles. The molecule has 0 atom stereocenters. The van der Waals surface area contributed by atoms with Gasteiger partial charge in [0.05, 0.1) is 0 Å². The third-order valence-electron chi connectivity index (χ3n) is 3.52. The Morgan fingerprint density at radius 3 is 2.15 bits per heavy atom. The van der Waals surface area contributed by atoms with E-state index in [9.17, 15) is 0 Å². The minimum atomic E-state index is 0.981. The summed E-state index contributed by atoms with van der Waals surface area (Å²) in [4.78, 5) is 11.4. The predicted molar refractivity (Wildman–Crippen MR) is 87.6 cm³/mol. The highest BCUT2D eigenvalue weighted by Gasteiger charge is 2.15. The predicted octanol–water partition coefficient (Wildman–Crippen LogP) is 3.88. The molecule has 0 radical (unpaired) electrons. The topological polar surface area (TPSA) is 41.1 Å². The first-order chi connectivity index (χ1) is 9.78. The maximum atomic E-state index is 4.59. The van der Waals surface area contributed by atoms with E-state index in [1.165, 1.54) is 31.2 Å². The molecule has 0 saturated carbocycles. The second kappa shape index (κ2) is 9.56. The molecular weight excluding hydrogens is 248 g/mol. The number of anilines is 2. The summed E-state index contributed by atoms with van der Waals surface area (Å²) in [6.07, 6.45) is 8.70. The van der Waals surface area contributed by atoms with Crippen molar-refractivity contribution in [3.8, 4) is 0 Å². The van der Waals surface area contributed by atoms with Crippen LogP contribution in [0.2, 0.25) is 0 Å². The van der Waals surface area contributed by atoms with Crippen molar-refractivity contribution in [2.75, 3.05) is 30.4 Å². The van der Waals surface area contributed by atoms with Crippen LogP contribution in [0.5, 0.6) is 0 Å². The minimum absolute atomic E-state index is 0.981. The molecule has 1 aromatic heterocycles. The quantitative estimate of drug-likeness (QED) is 0.705. The fourth-order valence-corrected chi connectivity index (χ4v) is 2.39. The van der Waals surface area contributed by atoms with E-state index < -0.39 is 0 Å². The van der Waals surface area contributed by atoms with Gasteiger partial charge in [-0.25, -0.2) is 9.97 Å². The Morgan fingerprint density at radius 2 is 1.65 bits per heavy atom. The van der Waals surface area contributed by atoms with Gasteiger partial charge in [0, 0.05) is 25.7 Å². The molecule has 0 aliphatic carbocycles. The summed E-state index contributed by atoms with van der Waals surface area (Å²) in [5, 5.41) is 3.21. The fraction of sp³-hybridized carbons (Fsp3) is 0.750. The van der Waals surface area contributed by atoms with Crippen molar-refractivity contribution in [2.24, 2.45) is 0 Å². The first kappa shape index (κ1) is 16.7. The lowest BCUT2D eigenvalue weighted by atomic mass is 10.1. The summed E-state index contributed by atoms with van der Waals surface area (Å²) < 4.78 is 0. The monoisotopic (exact) mass is 278 g/mol. The highest BCUT2D eigenvalue weighted by Crippen LogP contribution is 2.25. The molecule has 0 spiro atoms. The van der Waals surface area contributed by atoms with Crippen LogP contribution in [-0.2, 0) is 6.42 Å². The summed E-state index contributed by atoms with van der Waals surface area (Å²) in [6.45, 7) is 8.87. The third kappa shape index (κ3) is 4.66. The van der Waals surface area contributed by atoms with Gasteiger partial charge < -0.3 is 10.2 Å². The maximum Gasteiger partial charge on any atom is 0.137 e. The fourth-order valence-electron chi connectivity index (χ4n) is 2.39. The van der Waals surface area contributed by atoms with Gasteiger partial charge in [0.25, 0.3) is 0 Å². The normalized spacial score (nSPS) is 10.6. The first-order valence-corrected chi connectivity index (χ1v) is 8.04. The van der Waals surface area contributed by atoms with Gasteiger partial charge in [0.2, 0.25) is 0 Å². The zero-order chi connectivity index (χ0) is 14.8. The van der Waals surface area contributed by atoms with Gasteiger partial charge in [0.1, 0.15) is 18.0 Å². The van der Waals surface area contributed by atoms with Crippen molar-refractivity contribution in [1.82, 2.24) is 9.97 Å². The molecule has 4 heteroatoms. The van der Waals surface area contributed by atoms with Crippen LogP contribution in [0.25, 0.3) is 0 Å². The molecule has 0 saturated heterocycles. The van der Waals surface area contributed by atoms with Gasteiger partial charge in [-0.1, -0.05) is 40.0 Å².